The summed E-state index contributed by atoms with van der Waals surface area (Å²) in [6.07, 6.45) is 0.566. The minimum absolute atomic E-state index is 0.152. The average molecular weight is 564 g/mol. The molecular weight excluding hydrogens is 538 g/mol. The summed E-state index contributed by atoms with van der Waals surface area (Å²) < 4.78 is 15.3. The number of benzene rings is 3. The number of amides is 3. The van der Waals surface area contributed by atoms with Crippen LogP contribution in [-0.2, 0) is 20.7 Å². The molecule has 0 radical (unpaired) electrons. The highest BCUT2D eigenvalue weighted by Crippen LogP contribution is 2.31. The van der Waals surface area contributed by atoms with E-state index in [1.165, 1.54) is 31.4 Å². The van der Waals surface area contributed by atoms with E-state index in [4.69, 9.17) is 25.8 Å². The van der Waals surface area contributed by atoms with Gasteiger partial charge in [0, 0.05) is 17.8 Å². The van der Waals surface area contributed by atoms with Crippen LogP contribution in [0.2, 0.25) is 0 Å². The molecule has 1 heterocycles. The van der Waals surface area contributed by atoms with Crippen molar-refractivity contribution in [2.24, 2.45) is 0 Å². The Bertz CT molecular complexity index is 1520. The normalized spacial score (nSPS) is 12.8. The van der Waals surface area contributed by atoms with Crippen LogP contribution in [0.1, 0.15) is 26.3 Å². The molecule has 11 heteroatoms. The molecule has 206 valence electrons. The van der Waals surface area contributed by atoms with Gasteiger partial charge in [0.2, 0.25) is 0 Å². The summed E-state index contributed by atoms with van der Waals surface area (Å²) in [5.41, 5.74) is 1.86. The van der Waals surface area contributed by atoms with Crippen molar-refractivity contribution < 1.29 is 33.4 Å². The standard InChI is InChI=1S/C29H26ClN3O7/c1-38-22-11-10-17(14-23(22)39-2)12-13-31-26(34)18-6-4-8-20(15-18)32-25-24(30)27(35)33(28(25)36)21-9-5-7-19(16-21)29(37)40-3/h4-11,14-16,32H,12-13H2,1-3H3,(H,31,34). The molecule has 40 heavy (non-hydrogen) atoms. The summed E-state index contributed by atoms with van der Waals surface area (Å²) in [5.74, 6) is -1.17. The first kappa shape index (κ1) is 28.2. The number of nitrogens with one attached hydrogen (secondary N) is 2. The van der Waals surface area contributed by atoms with Gasteiger partial charge >= 0.3 is 5.97 Å². The van der Waals surface area contributed by atoms with Crippen LogP contribution in [0.15, 0.2) is 77.5 Å². The Labute approximate surface area is 235 Å². The zero-order valence-corrected chi connectivity index (χ0v) is 22.7. The second-order valence-corrected chi connectivity index (χ2v) is 8.96. The number of ether oxygens (including phenoxy) is 3. The lowest BCUT2D eigenvalue weighted by atomic mass is 10.1. The van der Waals surface area contributed by atoms with Crippen LogP contribution in [0.5, 0.6) is 11.5 Å². The summed E-state index contributed by atoms with van der Waals surface area (Å²) >= 11 is 6.23. The van der Waals surface area contributed by atoms with Gasteiger partial charge in [0.05, 0.1) is 32.6 Å². The molecule has 0 aromatic heterocycles. The third-order valence-electron chi connectivity index (χ3n) is 6.09. The lowest BCUT2D eigenvalue weighted by molar-refractivity contribution is -0.120. The SMILES string of the molecule is COC(=O)c1cccc(N2C(=O)C(Cl)=C(Nc3cccc(C(=O)NCCc4ccc(OC)c(OC)c4)c3)C2=O)c1. The van der Waals surface area contributed by atoms with E-state index in [0.717, 1.165) is 10.5 Å². The Kier molecular flexibility index (Phi) is 8.70. The molecule has 3 amide bonds. The molecule has 3 aromatic rings. The van der Waals surface area contributed by atoms with Crippen LogP contribution in [-0.4, -0.2) is 51.6 Å². The maximum atomic E-state index is 13.2. The fraction of sp³-hybridized carbons (Fsp3) is 0.172. The molecule has 0 unspecified atom stereocenters. The number of methoxy groups -OCH3 is 3. The van der Waals surface area contributed by atoms with Gasteiger partial charge in [-0.1, -0.05) is 29.8 Å². The molecule has 2 N–H and O–H groups in total. The van der Waals surface area contributed by atoms with Crippen LogP contribution < -0.4 is 25.0 Å². The Morgan fingerprint density at radius 1 is 0.850 bits per heavy atom. The zero-order valence-electron chi connectivity index (χ0n) is 21.9. The average Bonchev–Trinajstić information content (AvgIpc) is 3.19. The molecule has 3 aromatic carbocycles. The van der Waals surface area contributed by atoms with Crippen molar-refractivity contribution in [2.45, 2.75) is 6.42 Å². The van der Waals surface area contributed by atoms with Crippen LogP contribution in [0.25, 0.3) is 0 Å². The van der Waals surface area contributed by atoms with Crippen LogP contribution in [0.3, 0.4) is 0 Å². The Morgan fingerprint density at radius 2 is 1.57 bits per heavy atom. The zero-order chi connectivity index (χ0) is 28.8. The number of carbonyl (C=O) groups excluding carboxylic acids is 4. The first-order valence-electron chi connectivity index (χ1n) is 12.1. The molecule has 0 saturated heterocycles. The van der Waals surface area contributed by atoms with Gasteiger partial charge in [-0.2, -0.15) is 0 Å². The number of carbonyl (C=O) groups is 4. The number of esters is 1. The quantitative estimate of drug-likeness (QED) is 0.281. The maximum Gasteiger partial charge on any atom is 0.337 e. The van der Waals surface area contributed by atoms with Gasteiger partial charge in [-0.05, 0) is 60.5 Å². The number of nitrogens with zero attached hydrogens (tertiary/aromatic N) is 1. The predicted molar refractivity (Wildman–Crippen MR) is 149 cm³/mol. The molecule has 0 spiro atoms. The van der Waals surface area contributed by atoms with Crippen molar-refractivity contribution in [3.63, 3.8) is 0 Å². The minimum atomic E-state index is -0.750. The lowest BCUT2D eigenvalue weighted by Crippen LogP contribution is -2.32. The Morgan fingerprint density at radius 3 is 2.30 bits per heavy atom. The fourth-order valence-electron chi connectivity index (χ4n) is 4.08. The van der Waals surface area contributed by atoms with E-state index in [9.17, 15) is 19.2 Å². The van der Waals surface area contributed by atoms with Crippen molar-refractivity contribution >= 4 is 46.7 Å². The van der Waals surface area contributed by atoms with Gasteiger partial charge in [-0.15, -0.1) is 0 Å². The van der Waals surface area contributed by atoms with Gasteiger partial charge < -0.3 is 24.8 Å². The first-order valence-corrected chi connectivity index (χ1v) is 12.5. The van der Waals surface area contributed by atoms with E-state index >= 15 is 0 Å². The highest BCUT2D eigenvalue weighted by Gasteiger charge is 2.39. The summed E-state index contributed by atoms with van der Waals surface area (Å²) in [5, 5.41) is 5.40. The van der Waals surface area contributed by atoms with E-state index < -0.39 is 17.8 Å². The van der Waals surface area contributed by atoms with E-state index in [0.29, 0.717) is 35.7 Å². The molecule has 4 rings (SSSR count). The molecule has 10 nitrogen and oxygen atoms in total. The van der Waals surface area contributed by atoms with E-state index in [-0.39, 0.29) is 27.9 Å². The molecule has 0 saturated carbocycles. The molecule has 1 aliphatic heterocycles. The van der Waals surface area contributed by atoms with Crippen LogP contribution in [0, 0.1) is 0 Å². The van der Waals surface area contributed by atoms with E-state index in [2.05, 4.69) is 10.6 Å². The second kappa shape index (κ2) is 12.4. The van der Waals surface area contributed by atoms with E-state index in [1.807, 2.05) is 12.1 Å². The van der Waals surface area contributed by atoms with Crippen LogP contribution in [0.4, 0.5) is 11.4 Å². The molecule has 0 aliphatic carbocycles. The third-order valence-corrected chi connectivity index (χ3v) is 6.44. The first-order chi connectivity index (χ1) is 19.3. The molecule has 0 atom stereocenters. The lowest BCUT2D eigenvalue weighted by Gasteiger charge is -2.16. The Balaban J connectivity index is 1.42. The number of hydrogen-bond acceptors (Lipinski definition) is 8. The highest BCUT2D eigenvalue weighted by molar-refractivity contribution is 6.53. The fourth-order valence-corrected chi connectivity index (χ4v) is 4.29. The third kappa shape index (κ3) is 5.92. The number of hydrogen-bond donors (Lipinski definition) is 2. The predicted octanol–water partition coefficient (Wildman–Crippen LogP) is 3.90. The largest absolute Gasteiger partial charge is 0.493 e. The number of imide groups is 1. The van der Waals surface area contributed by atoms with Crippen molar-refractivity contribution in [3.8, 4) is 11.5 Å². The summed E-state index contributed by atoms with van der Waals surface area (Å²) in [6.45, 7) is 0.371. The smallest absolute Gasteiger partial charge is 0.337 e. The molecule has 1 aliphatic rings. The summed E-state index contributed by atoms with van der Waals surface area (Å²) in [6, 6.07) is 17.9. The highest BCUT2D eigenvalue weighted by atomic mass is 35.5. The molecule has 0 fully saturated rings. The number of halogens is 1. The molecular formula is C29H26ClN3O7. The van der Waals surface area contributed by atoms with Gasteiger partial charge in [0.1, 0.15) is 10.7 Å². The summed E-state index contributed by atoms with van der Waals surface area (Å²) in [7, 11) is 4.35. The van der Waals surface area contributed by atoms with Crippen LogP contribution >= 0.6 is 11.6 Å². The molecule has 0 bridgehead atoms. The summed E-state index contributed by atoms with van der Waals surface area (Å²) in [4.78, 5) is 51.5. The second-order valence-electron chi connectivity index (χ2n) is 8.58. The van der Waals surface area contributed by atoms with Gasteiger partial charge in [-0.3, -0.25) is 14.4 Å². The van der Waals surface area contributed by atoms with Gasteiger partial charge in [0.25, 0.3) is 17.7 Å². The van der Waals surface area contributed by atoms with Crippen molar-refractivity contribution in [1.29, 1.82) is 0 Å². The maximum absolute atomic E-state index is 13.2. The monoisotopic (exact) mass is 563 g/mol. The number of rotatable bonds is 10. The van der Waals surface area contributed by atoms with Crippen molar-refractivity contribution in [3.05, 3.63) is 94.1 Å². The Hall–Kier alpha value is -4.83. The van der Waals surface area contributed by atoms with E-state index in [1.54, 1.807) is 44.6 Å². The van der Waals surface area contributed by atoms with Crippen molar-refractivity contribution in [1.82, 2.24) is 5.32 Å². The van der Waals surface area contributed by atoms with Gasteiger partial charge in [0.15, 0.2) is 11.5 Å². The van der Waals surface area contributed by atoms with Gasteiger partial charge in [-0.25, -0.2) is 9.69 Å². The number of anilines is 2. The topological polar surface area (TPSA) is 123 Å². The van der Waals surface area contributed by atoms with Crippen molar-refractivity contribution in [2.75, 3.05) is 38.1 Å². The minimum Gasteiger partial charge on any atom is -0.493 e.